The van der Waals surface area contributed by atoms with E-state index in [0.29, 0.717) is 5.92 Å². The minimum absolute atomic E-state index is 0.580. The van der Waals surface area contributed by atoms with Gasteiger partial charge in [-0.15, -0.1) is 0 Å². The van der Waals surface area contributed by atoms with Gasteiger partial charge in [0.25, 0.3) is 0 Å². The molecule has 0 saturated carbocycles. The third-order valence-electron chi connectivity index (χ3n) is 1.63. The molecule has 2 radical (unpaired) electrons. The van der Waals surface area contributed by atoms with Crippen molar-refractivity contribution in [1.82, 2.24) is 0 Å². The maximum atomic E-state index is 3.93. The molecule has 0 aromatic heterocycles. The first kappa shape index (κ1) is 8.00. The SMILES string of the molecule is [CH2]CCC(C)C([CH2])C. The third-order valence-corrected chi connectivity index (χ3v) is 1.63. The summed E-state index contributed by atoms with van der Waals surface area (Å²) in [6.45, 7) is 12.1. The van der Waals surface area contributed by atoms with Crippen molar-refractivity contribution < 1.29 is 0 Å². The second-order valence-corrected chi connectivity index (χ2v) is 2.60. The van der Waals surface area contributed by atoms with Gasteiger partial charge in [-0.05, 0) is 11.8 Å². The highest BCUT2D eigenvalue weighted by Gasteiger charge is 2.03. The average molecular weight is 112 g/mol. The standard InChI is InChI=1S/C8H16/c1-5-6-8(4)7(2)3/h7-8H,1-2,5-6H2,3-4H3. The zero-order valence-electron chi connectivity index (χ0n) is 5.98. The van der Waals surface area contributed by atoms with Crippen LogP contribution in [0.25, 0.3) is 0 Å². The van der Waals surface area contributed by atoms with Crippen molar-refractivity contribution in [1.29, 1.82) is 0 Å². The molecule has 48 valence electrons. The Morgan fingerprint density at radius 2 is 1.88 bits per heavy atom. The normalized spacial score (nSPS) is 14.6. The molecule has 2 atom stereocenters. The Labute approximate surface area is 53.3 Å². The van der Waals surface area contributed by atoms with Gasteiger partial charge in [0, 0.05) is 0 Å². The fraction of sp³-hybridized carbons (Fsp3) is 0.750. The van der Waals surface area contributed by atoms with Crippen LogP contribution in [0.5, 0.6) is 0 Å². The molecule has 8 heavy (non-hydrogen) atoms. The molecule has 0 aromatic rings. The zero-order chi connectivity index (χ0) is 6.57. The molecule has 0 rings (SSSR count). The van der Waals surface area contributed by atoms with Crippen molar-refractivity contribution in [3.8, 4) is 0 Å². The molecule has 2 unspecified atom stereocenters. The number of hydrogen-bond acceptors (Lipinski definition) is 0. The van der Waals surface area contributed by atoms with Crippen LogP contribution in [-0.2, 0) is 0 Å². The summed E-state index contributed by atoms with van der Waals surface area (Å²) >= 11 is 0. The Kier molecular flexibility index (Phi) is 3.94. The van der Waals surface area contributed by atoms with Crippen molar-refractivity contribution >= 4 is 0 Å². The number of hydrogen-bond donors (Lipinski definition) is 0. The first-order valence-corrected chi connectivity index (χ1v) is 3.30. The number of rotatable bonds is 3. The second kappa shape index (κ2) is 3.94. The Balaban J connectivity index is 3.17. The molecule has 0 bridgehead atoms. The minimum Gasteiger partial charge on any atom is -0.0623 e. The largest absolute Gasteiger partial charge is 0.0623 e. The van der Waals surface area contributed by atoms with Crippen LogP contribution in [0.3, 0.4) is 0 Å². The maximum absolute atomic E-state index is 3.93. The Bertz CT molecular complexity index is 46.0. The van der Waals surface area contributed by atoms with Gasteiger partial charge in [-0.2, -0.15) is 0 Å². The van der Waals surface area contributed by atoms with Gasteiger partial charge in [0.1, 0.15) is 0 Å². The first-order chi connectivity index (χ1) is 3.68. The van der Waals surface area contributed by atoms with E-state index in [1.54, 1.807) is 0 Å². The van der Waals surface area contributed by atoms with Gasteiger partial charge in [0.15, 0.2) is 0 Å². The van der Waals surface area contributed by atoms with E-state index in [1.165, 1.54) is 6.42 Å². The summed E-state index contributed by atoms with van der Waals surface area (Å²) in [5.41, 5.74) is 0. The van der Waals surface area contributed by atoms with Crippen LogP contribution < -0.4 is 0 Å². The average Bonchev–Trinajstić information content (AvgIpc) is 1.67. The van der Waals surface area contributed by atoms with E-state index in [1.807, 2.05) is 0 Å². The van der Waals surface area contributed by atoms with Crippen LogP contribution in [0.2, 0.25) is 0 Å². The Hall–Kier alpha value is 0. The lowest BCUT2D eigenvalue weighted by molar-refractivity contribution is 0.428. The molecule has 0 spiro atoms. The van der Waals surface area contributed by atoms with Crippen LogP contribution in [0.1, 0.15) is 26.7 Å². The lowest BCUT2D eigenvalue weighted by Crippen LogP contribution is -2.02. The van der Waals surface area contributed by atoms with E-state index in [4.69, 9.17) is 0 Å². The third kappa shape index (κ3) is 3.06. The van der Waals surface area contributed by atoms with Crippen molar-refractivity contribution in [2.24, 2.45) is 11.8 Å². The van der Waals surface area contributed by atoms with Gasteiger partial charge in [0.2, 0.25) is 0 Å². The molecule has 0 fully saturated rings. The van der Waals surface area contributed by atoms with Crippen LogP contribution in [0.15, 0.2) is 0 Å². The van der Waals surface area contributed by atoms with Gasteiger partial charge in [-0.3, -0.25) is 0 Å². The van der Waals surface area contributed by atoms with Crippen molar-refractivity contribution in [2.75, 3.05) is 0 Å². The highest BCUT2D eigenvalue weighted by Crippen LogP contribution is 2.14. The summed E-state index contributed by atoms with van der Waals surface area (Å²) in [5.74, 6) is 1.32. The second-order valence-electron chi connectivity index (χ2n) is 2.60. The quantitative estimate of drug-likeness (QED) is 0.526. The van der Waals surface area contributed by atoms with Crippen LogP contribution >= 0.6 is 0 Å². The Morgan fingerprint density at radius 1 is 1.38 bits per heavy atom. The first-order valence-electron chi connectivity index (χ1n) is 3.30. The maximum Gasteiger partial charge on any atom is -0.0417 e. The van der Waals surface area contributed by atoms with Gasteiger partial charge >= 0.3 is 0 Å². The van der Waals surface area contributed by atoms with Crippen molar-refractivity contribution in [3.63, 3.8) is 0 Å². The summed E-state index contributed by atoms with van der Waals surface area (Å²) in [7, 11) is 0. The molecule has 0 nitrogen and oxygen atoms in total. The van der Waals surface area contributed by atoms with Crippen LogP contribution in [0, 0.1) is 25.7 Å². The molecular weight excluding hydrogens is 96.1 g/mol. The van der Waals surface area contributed by atoms with Gasteiger partial charge in [-0.1, -0.05) is 40.5 Å². The van der Waals surface area contributed by atoms with E-state index in [2.05, 4.69) is 27.7 Å². The van der Waals surface area contributed by atoms with Crippen LogP contribution in [0.4, 0.5) is 0 Å². The smallest absolute Gasteiger partial charge is 0.0417 e. The predicted octanol–water partition coefficient (Wildman–Crippen LogP) is 2.71. The Morgan fingerprint density at radius 3 is 2.00 bits per heavy atom. The monoisotopic (exact) mass is 112 g/mol. The summed E-state index contributed by atoms with van der Waals surface area (Å²) < 4.78 is 0. The molecule has 0 aliphatic rings. The molecule has 0 aromatic carbocycles. The molecule has 0 heterocycles. The summed E-state index contributed by atoms with van der Waals surface area (Å²) in [5, 5.41) is 0. The van der Waals surface area contributed by atoms with E-state index < -0.39 is 0 Å². The molecule has 0 N–H and O–H groups in total. The van der Waals surface area contributed by atoms with Gasteiger partial charge < -0.3 is 0 Å². The fourth-order valence-electron chi connectivity index (χ4n) is 0.606. The summed E-state index contributed by atoms with van der Waals surface area (Å²) in [6.07, 6.45) is 2.26. The molecule has 0 aliphatic heterocycles. The van der Waals surface area contributed by atoms with Gasteiger partial charge in [0.05, 0.1) is 0 Å². The minimum atomic E-state index is 0.580. The van der Waals surface area contributed by atoms with Crippen molar-refractivity contribution in [2.45, 2.75) is 26.7 Å². The van der Waals surface area contributed by atoms with E-state index in [0.717, 1.165) is 12.3 Å². The highest BCUT2D eigenvalue weighted by molar-refractivity contribution is 4.63. The molecule has 0 saturated heterocycles. The van der Waals surface area contributed by atoms with E-state index in [-0.39, 0.29) is 0 Å². The van der Waals surface area contributed by atoms with Crippen LogP contribution in [-0.4, -0.2) is 0 Å². The predicted molar refractivity (Wildman–Crippen MR) is 38.3 cm³/mol. The molecule has 0 heteroatoms. The molecule has 0 aliphatic carbocycles. The fourth-order valence-corrected chi connectivity index (χ4v) is 0.606. The highest BCUT2D eigenvalue weighted by atomic mass is 14.1. The lowest BCUT2D eigenvalue weighted by Gasteiger charge is -2.12. The molecular formula is C8H16. The lowest BCUT2D eigenvalue weighted by atomic mass is 9.94. The van der Waals surface area contributed by atoms with E-state index >= 15 is 0 Å². The van der Waals surface area contributed by atoms with E-state index in [9.17, 15) is 0 Å². The van der Waals surface area contributed by atoms with Gasteiger partial charge in [-0.25, -0.2) is 0 Å². The summed E-state index contributed by atoms with van der Waals surface area (Å²) in [6, 6.07) is 0. The summed E-state index contributed by atoms with van der Waals surface area (Å²) in [4.78, 5) is 0. The topological polar surface area (TPSA) is 0 Å². The zero-order valence-corrected chi connectivity index (χ0v) is 5.98. The van der Waals surface area contributed by atoms with Crippen molar-refractivity contribution in [3.05, 3.63) is 13.8 Å². The molecule has 0 amide bonds.